The lowest BCUT2D eigenvalue weighted by molar-refractivity contribution is 0.198. The summed E-state index contributed by atoms with van der Waals surface area (Å²) in [5, 5.41) is 8.42. The molecule has 41 heavy (non-hydrogen) atoms. The van der Waals surface area contributed by atoms with Crippen molar-refractivity contribution >= 4 is 23.2 Å². The van der Waals surface area contributed by atoms with Crippen molar-refractivity contribution in [2.24, 2.45) is 0 Å². The molecule has 2 atom stereocenters. The molecule has 0 radical (unpaired) electrons. The van der Waals surface area contributed by atoms with Crippen LogP contribution in [-0.4, -0.2) is 67.6 Å². The van der Waals surface area contributed by atoms with Gasteiger partial charge in [-0.2, -0.15) is 0 Å². The number of hydrogen-bond donors (Lipinski definition) is 2. The van der Waals surface area contributed by atoms with Gasteiger partial charge in [0.15, 0.2) is 0 Å². The van der Waals surface area contributed by atoms with Gasteiger partial charge in [0.1, 0.15) is 0 Å². The van der Waals surface area contributed by atoms with E-state index in [1.165, 1.54) is 22.3 Å². The van der Waals surface area contributed by atoms with Gasteiger partial charge in [-0.3, -0.25) is 9.80 Å². The zero-order valence-corrected chi connectivity index (χ0v) is 24.9. The lowest BCUT2D eigenvalue weighted by Crippen LogP contribution is -2.45. The molecular weight excluding hydrogens is 551 g/mol. The molecule has 0 amide bonds. The Labute approximate surface area is 254 Å². The van der Waals surface area contributed by atoms with Crippen LogP contribution in [0.1, 0.15) is 34.3 Å². The first-order chi connectivity index (χ1) is 19.7. The summed E-state index contributed by atoms with van der Waals surface area (Å²) in [7, 11) is 0. The number of nitrogens with one attached hydrogen (secondary N) is 2. The zero-order chi connectivity index (χ0) is 27.6. The smallest absolute Gasteiger partial charge is 0.0602 e. The highest BCUT2D eigenvalue weighted by atomic mass is 35.5. The van der Waals surface area contributed by atoms with Crippen molar-refractivity contribution in [2.75, 3.05) is 52.4 Å². The molecule has 0 spiro atoms. The van der Waals surface area contributed by atoms with E-state index in [9.17, 15) is 0 Å². The van der Waals surface area contributed by atoms with Crippen molar-refractivity contribution < 1.29 is 5.48 Å². The van der Waals surface area contributed by atoms with Crippen LogP contribution in [0.15, 0.2) is 109 Å². The van der Waals surface area contributed by atoms with Crippen molar-refractivity contribution in [3.05, 3.63) is 141 Å². The Morgan fingerprint density at radius 2 is 0.732 bits per heavy atom. The number of hydrogen-bond acceptors (Lipinski definition) is 4. The fourth-order valence-corrected chi connectivity index (χ4v) is 5.92. The fraction of sp³-hybridized carbons (Fsp3) is 0.294. The maximum absolute atomic E-state index is 6.02. The van der Waals surface area contributed by atoms with Gasteiger partial charge < -0.3 is 16.1 Å². The largest absolute Gasteiger partial charge is 0.412 e. The van der Waals surface area contributed by atoms with Crippen LogP contribution in [0.4, 0.5) is 0 Å². The van der Waals surface area contributed by atoms with Gasteiger partial charge in [0.05, 0.1) is 12.1 Å². The molecule has 6 rings (SSSR count). The minimum Gasteiger partial charge on any atom is -0.412 e. The average Bonchev–Trinajstić information content (AvgIpc) is 3.02. The van der Waals surface area contributed by atoms with Gasteiger partial charge in [-0.1, -0.05) is 108 Å². The zero-order valence-electron chi connectivity index (χ0n) is 23.4. The van der Waals surface area contributed by atoms with E-state index in [4.69, 9.17) is 23.2 Å². The summed E-state index contributed by atoms with van der Waals surface area (Å²) in [6, 6.07) is 38.5. The minimum atomic E-state index is 0. The molecule has 216 valence electrons. The third-order valence-electron chi connectivity index (χ3n) is 7.64. The summed E-state index contributed by atoms with van der Waals surface area (Å²) in [6.45, 7) is 8.50. The minimum absolute atomic E-state index is 0. The number of rotatable bonds is 6. The van der Waals surface area contributed by atoms with Gasteiger partial charge in [0.2, 0.25) is 0 Å². The number of benzene rings is 4. The highest BCUT2D eigenvalue weighted by molar-refractivity contribution is 6.30. The van der Waals surface area contributed by atoms with Crippen molar-refractivity contribution in [3.63, 3.8) is 0 Å². The van der Waals surface area contributed by atoms with Gasteiger partial charge in [-0.15, -0.1) is 0 Å². The second-order valence-electron chi connectivity index (χ2n) is 10.3. The summed E-state index contributed by atoms with van der Waals surface area (Å²) >= 11 is 12.0. The average molecular weight is 592 g/mol. The molecule has 2 saturated heterocycles. The first-order valence-electron chi connectivity index (χ1n) is 14.2. The van der Waals surface area contributed by atoms with Crippen molar-refractivity contribution in [1.82, 2.24) is 20.4 Å². The molecule has 0 bridgehead atoms. The third kappa shape index (κ3) is 8.63. The molecule has 2 fully saturated rings. The molecular formula is C34H40Cl2N4O. The second-order valence-corrected chi connectivity index (χ2v) is 11.2. The number of halogens is 2. The van der Waals surface area contributed by atoms with E-state index in [2.05, 4.69) is 105 Å². The lowest BCUT2D eigenvalue weighted by atomic mass is 9.96. The Morgan fingerprint density at radius 3 is 1.05 bits per heavy atom. The normalized spacial score (nSPS) is 17.4. The molecule has 5 nitrogen and oxygen atoms in total. The summed E-state index contributed by atoms with van der Waals surface area (Å²) in [4.78, 5) is 5.07. The van der Waals surface area contributed by atoms with E-state index >= 15 is 0 Å². The van der Waals surface area contributed by atoms with Crippen LogP contribution < -0.4 is 10.6 Å². The monoisotopic (exact) mass is 590 g/mol. The number of piperazine rings is 2. The van der Waals surface area contributed by atoms with Crippen molar-refractivity contribution in [3.8, 4) is 0 Å². The van der Waals surface area contributed by atoms with Gasteiger partial charge in [0, 0.05) is 62.4 Å². The molecule has 4 N–H and O–H groups in total. The Kier molecular flexibility index (Phi) is 12.2. The van der Waals surface area contributed by atoms with Crippen LogP contribution in [0.5, 0.6) is 0 Å². The van der Waals surface area contributed by atoms with Crippen LogP contribution in [-0.2, 0) is 0 Å². The van der Waals surface area contributed by atoms with Crippen LogP contribution in [0.2, 0.25) is 10.0 Å². The van der Waals surface area contributed by atoms with E-state index in [0.29, 0.717) is 12.1 Å². The van der Waals surface area contributed by atoms with E-state index in [1.54, 1.807) is 0 Å². The summed E-state index contributed by atoms with van der Waals surface area (Å²) in [6.07, 6.45) is 0. The third-order valence-corrected chi connectivity index (χ3v) is 8.14. The molecule has 2 heterocycles. The van der Waals surface area contributed by atoms with Crippen molar-refractivity contribution in [2.45, 2.75) is 12.1 Å². The molecule has 0 aliphatic carbocycles. The molecule has 2 aliphatic rings. The highest BCUT2D eigenvalue weighted by Gasteiger charge is 2.24. The van der Waals surface area contributed by atoms with Gasteiger partial charge in [-0.25, -0.2) is 0 Å². The van der Waals surface area contributed by atoms with Gasteiger partial charge in [-0.05, 0) is 46.5 Å². The Balaban J connectivity index is 0.000000184. The molecule has 4 aromatic rings. The second kappa shape index (κ2) is 16.0. The Bertz CT molecular complexity index is 1180. The van der Waals surface area contributed by atoms with Crippen LogP contribution in [0, 0.1) is 0 Å². The molecule has 2 unspecified atom stereocenters. The number of nitrogens with zero attached hydrogens (tertiary/aromatic N) is 2. The highest BCUT2D eigenvalue weighted by Crippen LogP contribution is 2.31. The van der Waals surface area contributed by atoms with E-state index < -0.39 is 0 Å². The Hall–Kier alpha value is -2.74. The lowest BCUT2D eigenvalue weighted by Gasteiger charge is -2.35. The van der Waals surface area contributed by atoms with E-state index in [0.717, 1.165) is 62.4 Å². The molecule has 0 saturated carbocycles. The summed E-state index contributed by atoms with van der Waals surface area (Å²) < 4.78 is 0. The van der Waals surface area contributed by atoms with E-state index in [-0.39, 0.29) is 5.48 Å². The van der Waals surface area contributed by atoms with E-state index in [1.807, 2.05) is 24.3 Å². The maximum Gasteiger partial charge on any atom is 0.0602 e. The van der Waals surface area contributed by atoms with Crippen LogP contribution >= 0.6 is 23.2 Å². The molecule has 2 aliphatic heterocycles. The molecule has 7 heteroatoms. The van der Waals surface area contributed by atoms with Gasteiger partial charge >= 0.3 is 0 Å². The predicted molar refractivity (Wildman–Crippen MR) is 172 cm³/mol. The van der Waals surface area contributed by atoms with Crippen molar-refractivity contribution in [1.29, 1.82) is 0 Å². The van der Waals surface area contributed by atoms with Crippen LogP contribution in [0.25, 0.3) is 0 Å². The van der Waals surface area contributed by atoms with Crippen LogP contribution in [0.3, 0.4) is 0 Å². The Morgan fingerprint density at radius 1 is 0.439 bits per heavy atom. The topological polar surface area (TPSA) is 62.0 Å². The fourth-order valence-electron chi connectivity index (χ4n) is 5.67. The summed E-state index contributed by atoms with van der Waals surface area (Å²) in [5.74, 6) is 0. The maximum atomic E-state index is 6.02. The summed E-state index contributed by atoms with van der Waals surface area (Å²) in [5.41, 5.74) is 5.30. The quantitative estimate of drug-likeness (QED) is 0.296. The molecule has 4 aromatic carbocycles. The molecule has 0 aromatic heterocycles. The van der Waals surface area contributed by atoms with Gasteiger partial charge in [0.25, 0.3) is 0 Å². The SMILES string of the molecule is Clc1ccc(C(c2ccccc2)N2CCNCC2)cc1.Clc1ccc(C(c2ccccc2)N2CCNCC2)cc1.O. The first-order valence-corrected chi connectivity index (χ1v) is 14.9. The predicted octanol–water partition coefficient (Wildman–Crippen LogP) is 5.84. The standard InChI is InChI=1S/2C17H19ClN2.H2O/c2*18-16-8-6-15(7-9-16)17(14-4-2-1-3-5-14)20-12-10-19-11-13-20;/h2*1-9,17,19H,10-13H2;1H2. The first kappa shape index (κ1) is 31.2.